The highest BCUT2D eigenvalue weighted by atomic mass is 32.1. The number of likely N-dealkylation sites (N-methyl/N-ethyl adjacent to an activating group) is 1. The number of Topliss-reactive ketones (excluding diaryl/α,β-unsaturated/α-hetero) is 1. The number of thiazole rings is 1. The Labute approximate surface area is 179 Å². The quantitative estimate of drug-likeness (QED) is 0.510. The van der Waals surface area contributed by atoms with E-state index in [0.717, 1.165) is 4.70 Å². The molecule has 0 spiro atoms. The number of ketones is 1. The molecular weight excluding hydrogens is 402 g/mol. The highest BCUT2D eigenvalue weighted by Gasteiger charge is 2.24. The Morgan fingerprint density at radius 1 is 0.933 bits per heavy atom. The Kier molecular flexibility index (Phi) is 6.69. The summed E-state index contributed by atoms with van der Waals surface area (Å²) in [7, 11) is 7.10. The van der Waals surface area contributed by atoms with Gasteiger partial charge in [0.15, 0.2) is 10.9 Å². The van der Waals surface area contributed by atoms with Crippen LogP contribution in [0.1, 0.15) is 27.6 Å². The largest absolute Gasteiger partial charge is 0.495 e. The zero-order chi connectivity index (χ0) is 21.8. The molecule has 30 heavy (non-hydrogen) atoms. The summed E-state index contributed by atoms with van der Waals surface area (Å²) in [5.74, 6) is 1.09. The van der Waals surface area contributed by atoms with E-state index >= 15 is 0 Å². The second kappa shape index (κ2) is 9.23. The van der Waals surface area contributed by atoms with Gasteiger partial charge in [0.25, 0.3) is 5.91 Å². The molecule has 0 radical (unpaired) electrons. The number of carbonyl (C=O) groups excluding carboxylic acids is 2. The smallest absolute Gasteiger partial charge is 0.260 e. The topological polar surface area (TPSA) is 72.0 Å². The Morgan fingerprint density at radius 2 is 1.53 bits per heavy atom. The van der Waals surface area contributed by atoms with Crippen molar-refractivity contribution in [3.05, 3.63) is 47.5 Å². The zero-order valence-corrected chi connectivity index (χ0v) is 18.6. The molecule has 0 N–H and O–H groups in total. The van der Waals surface area contributed by atoms with Gasteiger partial charge in [-0.3, -0.25) is 14.5 Å². The molecule has 158 valence electrons. The van der Waals surface area contributed by atoms with Crippen LogP contribution in [0.25, 0.3) is 10.2 Å². The first kappa shape index (κ1) is 21.7. The van der Waals surface area contributed by atoms with Crippen LogP contribution in [0.3, 0.4) is 0 Å². The average molecular weight is 428 g/mol. The minimum Gasteiger partial charge on any atom is -0.495 e. The molecule has 0 saturated carbocycles. The summed E-state index contributed by atoms with van der Waals surface area (Å²) in [4.78, 5) is 33.3. The first-order valence-corrected chi connectivity index (χ1v) is 10.3. The van der Waals surface area contributed by atoms with Crippen molar-refractivity contribution in [2.24, 2.45) is 0 Å². The number of anilines is 1. The number of benzene rings is 2. The number of hydrogen-bond donors (Lipinski definition) is 0. The van der Waals surface area contributed by atoms with Gasteiger partial charge in [-0.25, -0.2) is 4.98 Å². The van der Waals surface area contributed by atoms with Gasteiger partial charge in [-0.15, -0.1) is 0 Å². The number of nitrogens with zero attached hydrogens (tertiary/aromatic N) is 3. The Balaban J connectivity index is 2.05. The fraction of sp³-hybridized carbons (Fsp3) is 0.318. The van der Waals surface area contributed by atoms with E-state index in [1.165, 1.54) is 18.3 Å². The van der Waals surface area contributed by atoms with E-state index in [4.69, 9.17) is 14.5 Å². The Hall–Kier alpha value is -2.97. The third kappa shape index (κ3) is 4.44. The summed E-state index contributed by atoms with van der Waals surface area (Å²) in [6.07, 6.45) is 0. The van der Waals surface area contributed by atoms with E-state index in [9.17, 15) is 9.59 Å². The van der Waals surface area contributed by atoms with Crippen molar-refractivity contribution in [3.63, 3.8) is 0 Å². The molecule has 1 heterocycles. The van der Waals surface area contributed by atoms with Crippen LogP contribution < -0.4 is 14.4 Å². The maximum absolute atomic E-state index is 13.4. The van der Waals surface area contributed by atoms with Crippen molar-refractivity contribution in [1.29, 1.82) is 0 Å². The molecule has 3 rings (SSSR count). The monoisotopic (exact) mass is 427 g/mol. The number of methoxy groups -OCH3 is 2. The molecule has 1 aromatic heterocycles. The Morgan fingerprint density at radius 3 is 2.10 bits per heavy atom. The molecule has 0 aliphatic rings. The highest BCUT2D eigenvalue weighted by Crippen LogP contribution is 2.40. The van der Waals surface area contributed by atoms with E-state index in [-0.39, 0.29) is 11.7 Å². The van der Waals surface area contributed by atoms with Gasteiger partial charge in [-0.05, 0) is 45.3 Å². The number of aromatic nitrogens is 1. The van der Waals surface area contributed by atoms with Crippen LogP contribution in [0.2, 0.25) is 0 Å². The molecule has 3 aromatic rings. The van der Waals surface area contributed by atoms with E-state index in [0.29, 0.717) is 46.4 Å². The van der Waals surface area contributed by atoms with Gasteiger partial charge >= 0.3 is 0 Å². The molecular formula is C22H25N3O4S. The lowest BCUT2D eigenvalue weighted by atomic mass is 10.1. The minimum atomic E-state index is -0.177. The summed E-state index contributed by atoms with van der Waals surface area (Å²) >= 11 is 1.39. The minimum absolute atomic E-state index is 0.0381. The lowest BCUT2D eigenvalue weighted by Crippen LogP contribution is -2.36. The molecule has 0 fully saturated rings. The number of carbonyl (C=O) groups is 2. The van der Waals surface area contributed by atoms with Crippen molar-refractivity contribution in [2.75, 3.05) is 46.3 Å². The van der Waals surface area contributed by atoms with Crippen LogP contribution in [-0.4, -0.2) is 63.0 Å². The highest BCUT2D eigenvalue weighted by molar-refractivity contribution is 7.22. The summed E-state index contributed by atoms with van der Waals surface area (Å²) in [6.45, 7) is 2.63. The van der Waals surface area contributed by atoms with Crippen LogP contribution in [0.4, 0.5) is 5.13 Å². The molecule has 0 unspecified atom stereocenters. The van der Waals surface area contributed by atoms with E-state index in [2.05, 4.69) is 0 Å². The normalized spacial score (nSPS) is 11.0. The van der Waals surface area contributed by atoms with Crippen LogP contribution >= 0.6 is 11.3 Å². The predicted molar refractivity (Wildman–Crippen MR) is 119 cm³/mol. The molecule has 0 aliphatic carbocycles. The van der Waals surface area contributed by atoms with E-state index in [1.807, 2.05) is 25.1 Å². The molecule has 0 atom stereocenters. The van der Waals surface area contributed by atoms with Crippen molar-refractivity contribution >= 4 is 38.4 Å². The molecule has 0 saturated heterocycles. The van der Waals surface area contributed by atoms with Crippen molar-refractivity contribution < 1.29 is 19.1 Å². The van der Waals surface area contributed by atoms with Gasteiger partial charge in [0.1, 0.15) is 21.7 Å². The second-order valence-corrected chi connectivity index (χ2v) is 8.02. The van der Waals surface area contributed by atoms with E-state index < -0.39 is 0 Å². The van der Waals surface area contributed by atoms with Gasteiger partial charge in [0, 0.05) is 24.2 Å². The molecule has 8 heteroatoms. The second-order valence-electron chi connectivity index (χ2n) is 7.04. The number of ether oxygens (including phenoxy) is 2. The lowest BCUT2D eigenvalue weighted by molar-refractivity contribution is 0.0981. The SMILES string of the molecule is COc1ccc(OC)c2sc(N(CCN(C)C)C(=O)c3ccc(C(C)=O)cc3)nc12. The molecule has 0 bridgehead atoms. The first-order chi connectivity index (χ1) is 14.3. The van der Waals surface area contributed by atoms with Gasteiger partial charge in [-0.2, -0.15) is 0 Å². The number of rotatable bonds is 8. The first-order valence-electron chi connectivity index (χ1n) is 9.44. The number of fused-ring (bicyclic) bond motifs is 1. The molecule has 2 aromatic carbocycles. The van der Waals surface area contributed by atoms with Crippen molar-refractivity contribution in [2.45, 2.75) is 6.92 Å². The Bertz CT molecular complexity index is 1020. The van der Waals surface area contributed by atoms with Crippen molar-refractivity contribution in [1.82, 2.24) is 9.88 Å². The summed E-state index contributed by atoms with van der Waals surface area (Å²) in [6, 6.07) is 10.3. The molecule has 1 amide bonds. The standard InChI is InChI=1S/C22H25N3O4S/c1-14(26)15-6-8-16(9-7-15)21(27)25(13-12-24(2)3)22-23-19-17(28-4)10-11-18(29-5)20(19)30-22/h6-11H,12-13H2,1-5H3. The summed E-state index contributed by atoms with van der Waals surface area (Å²) in [5, 5.41) is 0.565. The number of amides is 1. The third-order valence-corrected chi connectivity index (χ3v) is 5.78. The maximum Gasteiger partial charge on any atom is 0.260 e. The number of hydrogen-bond acceptors (Lipinski definition) is 7. The van der Waals surface area contributed by atoms with Gasteiger partial charge in [0.05, 0.1) is 14.2 Å². The van der Waals surface area contributed by atoms with Gasteiger partial charge in [0.2, 0.25) is 0 Å². The van der Waals surface area contributed by atoms with Gasteiger partial charge < -0.3 is 14.4 Å². The van der Waals surface area contributed by atoms with Crippen LogP contribution in [0, 0.1) is 0 Å². The maximum atomic E-state index is 13.4. The van der Waals surface area contributed by atoms with Crippen molar-refractivity contribution in [3.8, 4) is 11.5 Å². The third-order valence-electron chi connectivity index (χ3n) is 4.68. The van der Waals surface area contributed by atoms with E-state index in [1.54, 1.807) is 49.5 Å². The average Bonchev–Trinajstić information content (AvgIpc) is 3.18. The predicted octanol–water partition coefficient (Wildman–Crippen LogP) is 3.72. The lowest BCUT2D eigenvalue weighted by Gasteiger charge is -2.22. The van der Waals surface area contributed by atoms with Gasteiger partial charge in [-0.1, -0.05) is 23.5 Å². The fourth-order valence-electron chi connectivity index (χ4n) is 2.98. The molecule has 0 aliphatic heterocycles. The van der Waals surface area contributed by atoms with Crippen LogP contribution in [0.5, 0.6) is 11.5 Å². The fourth-order valence-corrected chi connectivity index (χ4v) is 4.08. The zero-order valence-electron chi connectivity index (χ0n) is 17.8. The van der Waals surface area contributed by atoms with Crippen LogP contribution in [-0.2, 0) is 0 Å². The summed E-state index contributed by atoms with van der Waals surface area (Å²) < 4.78 is 11.7. The van der Waals surface area contributed by atoms with Crippen LogP contribution in [0.15, 0.2) is 36.4 Å². The summed E-state index contributed by atoms with van der Waals surface area (Å²) in [5.41, 5.74) is 1.73. The molecule has 7 nitrogen and oxygen atoms in total.